The van der Waals surface area contributed by atoms with Crippen molar-refractivity contribution in [3.63, 3.8) is 0 Å². The molecule has 0 spiro atoms. The molecule has 3 nitrogen and oxygen atoms in total. The predicted octanol–water partition coefficient (Wildman–Crippen LogP) is 3.29. The Morgan fingerprint density at radius 1 is 1.42 bits per heavy atom. The van der Waals surface area contributed by atoms with Gasteiger partial charge in [0.05, 0.1) is 10.0 Å². The highest BCUT2D eigenvalue weighted by Crippen LogP contribution is 2.26. The fraction of sp³-hybridized carbons (Fsp3) is 0.429. The summed E-state index contributed by atoms with van der Waals surface area (Å²) < 4.78 is 5.44. The Labute approximate surface area is 124 Å². The van der Waals surface area contributed by atoms with Gasteiger partial charge in [-0.1, -0.05) is 29.3 Å². The Kier molecular flexibility index (Phi) is 7.24. The fourth-order valence-electron chi connectivity index (χ4n) is 1.49. The van der Waals surface area contributed by atoms with Crippen LogP contribution in [0.2, 0.25) is 10.0 Å². The first-order chi connectivity index (χ1) is 9.02. The lowest BCUT2D eigenvalue weighted by atomic mass is 10.2. The molecule has 0 heterocycles. The number of aliphatic hydroxyl groups is 1. The molecule has 0 aliphatic rings. The van der Waals surface area contributed by atoms with Gasteiger partial charge in [-0.2, -0.15) is 0 Å². The van der Waals surface area contributed by atoms with E-state index in [1.54, 1.807) is 18.2 Å². The molecule has 0 bridgehead atoms. The van der Waals surface area contributed by atoms with Crippen LogP contribution < -0.4 is 10.1 Å². The van der Waals surface area contributed by atoms with Gasteiger partial charge in [0.1, 0.15) is 18.5 Å². The Hall–Kier alpha value is -0.740. The lowest BCUT2D eigenvalue weighted by molar-refractivity contribution is 0.104. The van der Waals surface area contributed by atoms with Crippen LogP contribution in [0.4, 0.5) is 0 Å². The predicted molar refractivity (Wildman–Crippen MR) is 80.2 cm³/mol. The third kappa shape index (κ3) is 6.30. The Balaban J connectivity index is 2.31. The summed E-state index contributed by atoms with van der Waals surface area (Å²) in [5.74, 6) is 0.590. The molecule has 106 valence electrons. The van der Waals surface area contributed by atoms with Crippen molar-refractivity contribution in [3.05, 3.63) is 40.9 Å². The summed E-state index contributed by atoms with van der Waals surface area (Å²) in [5, 5.41) is 13.9. The largest absolute Gasteiger partial charge is 0.491 e. The van der Waals surface area contributed by atoms with E-state index < -0.39 is 6.10 Å². The quantitative estimate of drug-likeness (QED) is 0.724. The first-order valence-electron chi connectivity index (χ1n) is 6.13. The van der Waals surface area contributed by atoms with Crippen molar-refractivity contribution in [2.24, 2.45) is 0 Å². The first kappa shape index (κ1) is 16.3. The third-order valence-corrected chi connectivity index (χ3v) is 3.29. The van der Waals surface area contributed by atoms with Gasteiger partial charge in [0.15, 0.2) is 0 Å². The zero-order valence-electron chi connectivity index (χ0n) is 10.9. The Morgan fingerprint density at radius 2 is 2.16 bits per heavy atom. The zero-order valence-corrected chi connectivity index (χ0v) is 12.4. The molecule has 1 aromatic rings. The summed E-state index contributed by atoms with van der Waals surface area (Å²) in [5.41, 5.74) is 0. The smallest absolute Gasteiger partial charge is 0.121 e. The Bertz CT molecular complexity index is 412. The highest BCUT2D eigenvalue weighted by Gasteiger charge is 2.08. The van der Waals surface area contributed by atoms with Crippen LogP contribution in [0.25, 0.3) is 0 Å². The normalized spacial score (nSPS) is 13.9. The van der Waals surface area contributed by atoms with Gasteiger partial charge in [-0.3, -0.25) is 0 Å². The minimum Gasteiger partial charge on any atom is -0.491 e. The van der Waals surface area contributed by atoms with Gasteiger partial charge in [-0.05, 0) is 25.5 Å². The number of benzene rings is 1. The average Bonchev–Trinajstić information content (AvgIpc) is 2.38. The highest BCUT2D eigenvalue weighted by atomic mass is 35.5. The summed E-state index contributed by atoms with van der Waals surface area (Å²) in [6.45, 7) is 6.37. The van der Waals surface area contributed by atoms with Gasteiger partial charge in [-0.15, -0.1) is 6.58 Å². The number of rotatable bonds is 8. The van der Waals surface area contributed by atoms with E-state index in [9.17, 15) is 5.11 Å². The van der Waals surface area contributed by atoms with E-state index in [1.165, 1.54) is 0 Å². The van der Waals surface area contributed by atoms with E-state index in [2.05, 4.69) is 11.9 Å². The minimum absolute atomic E-state index is 0.200. The Morgan fingerprint density at radius 3 is 2.79 bits per heavy atom. The molecule has 0 amide bonds. The van der Waals surface area contributed by atoms with E-state index >= 15 is 0 Å². The van der Waals surface area contributed by atoms with Crippen molar-refractivity contribution >= 4 is 23.2 Å². The maximum atomic E-state index is 9.78. The third-order valence-electron chi connectivity index (χ3n) is 2.56. The van der Waals surface area contributed by atoms with Crippen molar-refractivity contribution < 1.29 is 9.84 Å². The van der Waals surface area contributed by atoms with E-state index in [0.717, 1.165) is 6.42 Å². The maximum Gasteiger partial charge on any atom is 0.121 e. The summed E-state index contributed by atoms with van der Waals surface area (Å²) in [6.07, 6.45) is 2.12. The summed E-state index contributed by atoms with van der Waals surface area (Å²) >= 11 is 11.7. The van der Waals surface area contributed by atoms with Crippen LogP contribution in [0.3, 0.4) is 0 Å². The molecule has 0 aromatic heterocycles. The number of hydrogen-bond acceptors (Lipinski definition) is 3. The molecule has 2 atom stereocenters. The molecule has 1 aromatic carbocycles. The number of halogens is 2. The van der Waals surface area contributed by atoms with Crippen LogP contribution in [0.15, 0.2) is 30.9 Å². The molecule has 0 aliphatic heterocycles. The minimum atomic E-state index is -0.582. The standard InChI is InChI=1S/C14H19Cl2NO2/c1-3-4-10(2)17-8-11(18)9-19-12-5-6-13(15)14(16)7-12/h3,5-7,10-11,17-18H,1,4,8-9H2,2H3. The van der Waals surface area contributed by atoms with Crippen molar-refractivity contribution in [1.82, 2.24) is 5.32 Å². The van der Waals surface area contributed by atoms with Crippen LogP contribution >= 0.6 is 23.2 Å². The second-order valence-electron chi connectivity index (χ2n) is 4.37. The van der Waals surface area contributed by atoms with Crippen LogP contribution in [-0.2, 0) is 0 Å². The molecule has 5 heteroatoms. The number of nitrogens with one attached hydrogen (secondary N) is 1. The fourth-order valence-corrected chi connectivity index (χ4v) is 1.78. The first-order valence-corrected chi connectivity index (χ1v) is 6.88. The number of aliphatic hydroxyl groups excluding tert-OH is 1. The molecule has 1 rings (SSSR count). The SMILES string of the molecule is C=CCC(C)NCC(O)COc1ccc(Cl)c(Cl)c1. The topological polar surface area (TPSA) is 41.5 Å². The average molecular weight is 304 g/mol. The van der Waals surface area contributed by atoms with Gasteiger partial charge in [0.2, 0.25) is 0 Å². The van der Waals surface area contributed by atoms with Crippen LogP contribution in [0.5, 0.6) is 5.75 Å². The van der Waals surface area contributed by atoms with Gasteiger partial charge in [-0.25, -0.2) is 0 Å². The molecule has 2 unspecified atom stereocenters. The van der Waals surface area contributed by atoms with E-state index in [4.69, 9.17) is 27.9 Å². The van der Waals surface area contributed by atoms with Crippen molar-refractivity contribution in [2.75, 3.05) is 13.2 Å². The molecule has 0 saturated carbocycles. The van der Waals surface area contributed by atoms with Crippen LogP contribution in [0.1, 0.15) is 13.3 Å². The monoisotopic (exact) mass is 303 g/mol. The van der Waals surface area contributed by atoms with Crippen LogP contribution in [-0.4, -0.2) is 30.4 Å². The van der Waals surface area contributed by atoms with Gasteiger partial charge in [0.25, 0.3) is 0 Å². The molecule has 0 fully saturated rings. The second kappa shape index (κ2) is 8.43. The van der Waals surface area contributed by atoms with E-state index in [0.29, 0.717) is 22.3 Å². The molecule has 0 saturated heterocycles. The van der Waals surface area contributed by atoms with E-state index in [-0.39, 0.29) is 12.6 Å². The lowest BCUT2D eigenvalue weighted by Crippen LogP contribution is -2.36. The molecule has 0 radical (unpaired) electrons. The molecule has 0 aliphatic carbocycles. The van der Waals surface area contributed by atoms with Crippen molar-refractivity contribution in [3.8, 4) is 5.75 Å². The van der Waals surface area contributed by atoms with E-state index in [1.807, 2.05) is 13.0 Å². The van der Waals surface area contributed by atoms with Crippen molar-refractivity contribution in [1.29, 1.82) is 0 Å². The summed E-state index contributed by atoms with van der Waals surface area (Å²) in [6, 6.07) is 5.30. The lowest BCUT2D eigenvalue weighted by Gasteiger charge is -2.16. The number of hydrogen-bond donors (Lipinski definition) is 2. The highest BCUT2D eigenvalue weighted by molar-refractivity contribution is 6.42. The molecule has 19 heavy (non-hydrogen) atoms. The zero-order chi connectivity index (χ0) is 14.3. The molecular weight excluding hydrogens is 285 g/mol. The van der Waals surface area contributed by atoms with Crippen molar-refractivity contribution in [2.45, 2.75) is 25.5 Å². The summed E-state index contributed by atoms with van der Waals surface area (Å²) in [7, 11) is 0. The molecular formula is C14H19Cl2NO2. The van der Waals surface area contributed by atoms with Crippen LogP contribution in [0, 0.1) is 0 Å². The second-order valence-corrected chi connectivity index (χ2v) is 5.19. The van der Waals surface area contributed by atoms with Gasteiger partial charge >= 0.3 is 0 Å². The summed E-state index contributed by atoms with van der Waals surface area (Å²) in [4.78, 5) is 0. The van der Waals surface area contributed by atoms with Gasteiger partial charge < -0.3 is 15.2 Å². The maximum absolute atomic E-state index is 9.78. The van der Waals surface area contributed by atoms with Gasteiger partial charge in [0, 0.05) is 18.7 Å². The number of ether oxygens (including phenoxy) is 1. The molecule has 2 N–H and O–H groups in total.